The smallest absolute Gasteiger partial charge is 0.244 e. The molecule has 0 atom stereocenters. The number of aryl methyl sites for hydroxylation is 2. The molecule has 1 amide bonds. The lowest BCUT2D eigenvalue weighted by Gasteiger charge is -2.10. The minimum atomic E-state index is -0.0477. The third-order valence-corrected chi connectivity index (χ3v) is 4.39. The van der Waals surface area contributed by atoms with Crippen molar-refractivity contribution in [2.45, 2.75) is 40.2 Å². The number of anilines is 1. The summed E-state index contributed by atoms with van der Waals surface area (Å²) in [5, 5.41) is 2.98. The van der Waals surface area contributed by atoms with Gasteiger partial charge in [-0.3, -0.25) is 4.79 Å². The number of hydrogen-bond donors (Lipinski definition) is 1. The molecule has 4 nitrogen and oxygen atoms in total. The van der Waals surface area contributed by atoms with E-state index >= 15 is 0 Å². The van der Waals surface area contributed by atoms with E-state index in [-0.39, 0.29) is 12.5 Å². The summed E-state index contributed by atoms with van der Waals surface area (Å²) in [5.74, 6) is 0.388. The minimum Gasteiger partial charge on any atom is -0.325 e. The van der Waals surface area contributed by atoms with E-state index in [9.17, 15) is 4.79 Å². The maximum atomic E-state index is 12.4. The first-order valence-electron chi connectivity index (χ1n) is 8.26. The van der Waals surface area contributed by atoms with Gasteiger partial charge in [0.05, 0.1) is 17.4 Å². The molecule has 0 radical (unpaired) electrons. The quantitative estimate of drug-likeness (QED) is 0.773. The van der Waals surface area contributed by atoms with Crippen LogP contribution < -0.4 is 5.32 Å². The Kier molecular flexibility index (Phi) is 4.38. The average Bonchev–Trinajstić information content (AvgIpc) is 2.90. The molecule has 0 spiro atoms. The van der Waals surface area contributed by atoms with Crippen molar-refractivity contribution in [1.29, 1.82) is 0 Å². The molecule has 2 aromatic carbocycles. The topological polar surface area (TPSA) is 46.9 Å². The highest BCUT2D eigenvalue weighted by Crippen LogP contribution is 2.20. The van der Waals surface area contributed by atoms with Crippen LogP contribution in [0.1, 0.15) is 36.5 Å². The highest BCUT2D eigenvalue weighted by Gasteiger charge is 2.10. The van der Waals surface area contributed by atoms with Crippen LogP contribution in [0.3, 0.4) is 0 Å². The lowest BCUT2D eigenvalue weighted by Crippen LogP contribution is -2.18. The van der Waals surface area contributed by atoms with Crippen LogP contribution in [0.2, 0.25) is 0 Å². The van der Waals surface area contributed by atoms with Crippen molar-refractivity contribution in [2.75, 3.05) is 5.32 Å². The third kappa shape index (κ3) is 3.32. The number of nitrogens with zero attached hydrogens (tertiary/aromatic N) is 2. The molecule has 0 aliphatic carbocycles. The molecule has 1 aromatic heterocycles. The summed E-state index contributed by atoms with van der Waals surface area (Å²) in [7, 11) is 0. The fourth-order valence-corrected chi connectivity index (χ4v) is 2.77. The van der Waals surface area contributed by atoms with Crippen LogP contribution in [0.4, 0.5) is 5.69 Å². The average molecular weight is 321 g/mol. The van der Waals surface area contributed by atoms with E-state index in [4.69, 9.17) is 0 Å². The van der Waals surface area contributed by atoms with Gasteiger partial charge in [0.25, 0.3) is 0 Å². The highest BCUT2D eigenvalue weighted by atomic mass is 16.1. The number of carbonyl (C=O) groups is 1. The molecule has 3 aromatic rings. The molecular weight excluding hydrogens is 298 g/mol. The number of carbonyl (C=O) groups excluding carboxylic acids is 1. The van der Waals surface area contributed by atoms with Crippen LogP contribution >= 0.6 is 0 Å². The Hall–Kier alpha value is -2.62. The summed E-state index contributed by atoms with van der Waals surface area (Å²) >= 11 is 0. The highest BCUT2D eigenvalue weighted by molar-refractivity contribution is 5.91. The fraction of sp³-hybridized carbons (Fsp3) is 0.300. The van der Waals surface area contributed by atoms with Gasteiger partial charge >= 0.3 is 0 Å². The number of rotatable bonds is 4. The molecule has 0 fully saturated rings. The number of benzene rings is 2. The van der Waals surface area contributed by atoms with Gasteiger partial charge in [0.1, 0.15) is 6.54 Å². The molecule has 0 saturated carbocycles. The van der Waals surface area contributed by atoms with Gasteiger partial charge in [-0.15, -0.1) is 0 Å². The summed E-state index contributed by atoms with van der Waals surface area (Å²) in [6, 6.07) is 12.2. The van der Waals surface area contributed by atoms with E-state index in [2.05, 4.69) is 56.2 Å². The van der Waals surface area contributed by atoms with E-state index in [1.807, 2.05) is 22.8 Å². The predicted molar refractivity (Wildman–Crippen MR) is 98.4 cm³/mol. The molecule has 1 N–H and O–H groups in total. The minimum absolute atomic E-state index is 0.0477. The Morgan fingerprint density at radius 1 is 1.17 bits per heavy atom. The van der Waals surface area contributed by atoms with Gasteiger partial charge in [-0.05, 0) is 60.7 Å². The first kappa shape index (κ1) is 16.2. The van der Waals surface area contributed by atoms with Crippen LogP contribution in [-0.4, -0.2) is 15.5 Å². The monoisotopic (exact) mass is 321 g/mol. The molecule has 0 unspecified atom stereocenters. The summed E-state index contributed by atoms with van der Waals surface area (Å²) < 4.78 is 1.89. The van der Waals surface area contributed by atoms with Crippen molar-refractivity contribution in [3.05, 3.63) is 59.4 Å². The Labute approximate surface area is 142 Å². The van der Waals surface area contributed by atoms with Gasteiger partial charge in [-0.2, -0.15) is 0 Å². The Balaban J connectivity index is 1.78. The molecule has 3 rings (SSSR count). The van der Waals surface area contributed by atoms with Gasteiger partial charge in [-0.25, -0.2) is 4.98 Å². The maximum Gasteiger partial charge on any atom is 0.244 e. The lowest BCUT2D eigenvalue weighted by atomic mass is 10.0. The zero-order chi connectivity index (χ0) is 17.3. The standard InChI is InChI=1S/C20H23N3O/c1-13(2)16-6-5-7-17(10-16)22-20(24)11-23-12-21-18-8-14(3)15(4)9-19(18)23/h5-10,12-13H,11H2,1-4H3,(H,22,24). The molecule has 0 bridgehead atoms. The SMILES string of the molecule is Cc1cc2ncn(CC(=O)Nc3cccc(C(C)C)c3)c2cc1C. The number of fused-ring (bicyclic) bond motifs is 1. The second kappa shape index (κ2) is 6.48. The molecular formula is C20H23N3O. The van der Waals surface area contributed by atoms with E-state index in [1.54, 1.807) is 6.33 Å². The Bertz CT molecular complexity index is 893. The van der Waals surface area contributed by atoms with Crippen LogP contribution in [0, 0.1) is 13.8 Å². The van der Waals surface area contributed by atoms with E-state index in [0.717, 1.165) is 16.7 Å². The fourth-order valence-electron chi connectivity index (χ4n) is 2.77. The van der Waals surface area contributed by atoms with E-state index in [1.165, 1.54) is 16.7 Å². The number of amides is 1. The zero-order valence-corrected chi connectivity index (χ0v) is 14.6. The summed E-state index contributed by atoms with van der Waals surface area (Å²) in [6.07, 6.45) is 1.73. The zero-order valence-electron chi connectivity index (χ0n) is 14.6. The molecule has 4 heteroatoms. The van der Waals surface area contributed by atoms with Crippen molar-refractivity contribution >= 4 is 22.6 Å². The molecule has 0 aliphatic heterocycles. The van der Waals surface area contributed by atoms with Gasteiger partial charge < -0.3 is 9.88 Å². The second-order valence-electron chi connectivity index (χ2n) is 6.63. The van der Waals surface area contributed by atoms with Gasteiger partial charge in [0, 0.05) is 5.69 Å². The van der Waals surface area contributed by atoms with Crippen molar-refractivity contribution in [2.24, 2.45) is 0 Å². The number of imidazole rings is 1. The normalized spacial score (nSPS) is 11.2. The second-order valence-corrected chi connectivity index (χ2v) is 6.63. The van der Waals surface area contributed by atoms with Crippen LogP contribution in [0.25, 0.3) is 11.0 Å². The Morgan fingerprint density at radius 3 is 2.67 bits per heavy atom. The maximum absolute atomic E-state index is 12.4. The number of aromatic nitrogens is 2. The Morgan fingerprint density at radius 2 is 1.92 bits per heavy atom. The summed E-state index contributed by atoms with van der Waals surface area (Å²) in [4.78, 5) is 16.8. The summed E-state index contributed by atoms with van der Waals surface area (Å²) in [5.41, 5.74) is 6.38. The first-order chi connectivity index (χ1) is 11.4. The molecule has 0 saturated heterocycles. The lowest BCUT2D eigenvalue weighted by molar-refractivity contribution is -0.116. The van der Waals surface area contributed by atoms with Crippen LogP contribution in [0.5, 0.6) is 0 Å². The van der Waals surface area contributed by atoms with Crippen LogP contribution in [-0.2, 0) is 11.3 Å². The third-order valence-electron chi connectivity index (χ3n) is 4.39. The molecule has 124 valence electrons. The van der Waals surface area contributed by atoms with Gasteiger partial charge in [-0.1, -0.05) is 26.0 Å². The van der Waals surface area contributed by atoms with Gasteiger partial charge in [0.15, 0.2) is 0 Å². The predicted octanol–water partition coefficient (Wildman–Crippen LogP) is 4.42. The largest absolute Gasteiger partial charge is 0.325 e. The van der Waals surface area contributed by atoms with Crippen LogP contribution in [0.15, 0.2) is 42.7 Å². The van der Waals surface area contributed by atoms with Crippen molar-refractivity contribution in [3.8, 4) is 0 Å². The van der Waals surface area contributed by atoms with Gasteiger partial charge in [0.2, 0.25) is 5.91 Å². The summed E-state index contributed by atoms with van der Waals surface area (Å²) in [6.45, 7) is 8.68. The number of nitrogens with one attached hydrogen (secondary N) is 1. The van der Waals surface area contributed by atoms with Crippen molar-refractivity contribution in [3.63, 3.8) is 0 Å². The molecule has 1 heterocycles. The molecule has 0 aliphatic rings. The van der Waals surface area contributed by atoms with E-state index in [0.29, 0.717) is 5.92 Å². The number of hydrogen-bond acceptors (Lipinski definition) is 2. The van der Waals surface area contributed by atoms with Crippen molar-refractivity contribution in [1.82, 2.24) is 9.55 Å². The van der Waals surface area contributed by atoms with Crippen molar-refractivity contribution < 1.29 is 4.79 Å². The first-order valence-corrected chi connectivity index (χ1v) is 8.26. The van der Waals surface area contributed by atoms with E-state index < -0.39 is 0 Å². The molecule has 24 heavy (non-hydrogen) atoms.